The van der Waals surface area contributed by atoms with E-state index in [0.29, 0.717) is 61.3 Å². The second-order valence-corrected chi connectivity index (χ2v) is 9.76. The summed E-state index contributed by atoms with van der Waals surface area (Å²) in [6.07, 6.45) is 0. The van der Waals surface area contributed by atoms with Crippen molar-refractivity contribution in [1.29, 1.82) is 0 Å². The molecule has 0 fully saturated rings. The molecule has 0 bridgehead atoms. The fourth-order valence-electron chi connectivity index (χ4n) is 3.13. The normalized spacial score (nSPS) is 12.0. The first-order valence-electron chi connectivity index (χ1n) is 10.9. The van der Waals surface area contributed by atoms with Crippen LogP contribution in [0.4, 0.5) is 11.6 Å². The highest BCUT2D eigenvalue weighted by molar-refractivity contribution is 7.99. The third-order valence-corrected chi connectivity index (χ3v) is 6.72. The Morgan fingerprint density at radius 1 is 0.971 bits per heavy atom. The van der Waals surface area contributed by atoms with Crippen LogP contribution in [-0.4, -0.2) is 55.1 Å². The second-order valence-electron chi connectivity index (χ2n) is 7.24. The molecule has 1 atom stereocenters. The Balaban J connectivity index is 1.69. The Morgan fingerprint density at radius 3 is 2.38 bits per heavy atom. The Morgan fingerprint density at radius 2 is 1.68 bits per heavy atom. The van der Waals surface area contributed by atoms with Crippen LogP contribution in [0.5, 0.6) is 11.5 Å². The number of aromatic nitrogens is 3. The minimum Gasteiger partial charge on any atom is -0.493 e. The van der Waals surface area contributed by atoms with Crippen LogP contribution in [0.2, 0.25) is 0 Å². The van der Waals surface area contributed by atoms with Crippen molar-refractivity contribution in [3.05, 3.63) is 34.8 Å². The van der Waals surface area contributed by atoms with Crippen LogP contribution < -0.4 is 20.9 Å². The molecule has 0 spiro atoms. The third-order valence-electron chi connectivity index (χ3n) is 4.72. The molecule has 1 aromatic carbocycles. The van der Waals surface area contributed by atoms with Gasteiger partial charge in [0.15, 0.2) is 16.7 Å². The van der Waals surface area contributed by atoms with Gasteiger partial charge < -0.3 is 30.4 Å². The van der Waals surface area contributed by atoms with Crippen molar-refractivity contribution >= 4 is 34.7 Å². The Kier molecular flexibility index (Phi) is 9.75. The number of methoxy groups -OCH3 is 1. The van der Waals surface area contributed by atoms with Crippen molar-refractivity contribution in [1.82, 2.24) is 15.0 Å². The number of benzene rings is 1. The quantitative estimate of drug-likeness (QED) is 0.196. The number of thiazole rings is 1. The molecular formula is C23H31N5O4S2. The highest BCUT2D eigenvalue weighted by atomic mass is 32.2. The number of hydrogen-bond donors (Lipinski definition) is 2. The van der Waals surface area contributed by atoms with Crippen LogP contribution in [0.1, 0.15) is 29.7 Å². The summed E-state index contributed by atoms with van der Waals surface area (Å²) in [6.45, 7) is 8.75. The summed E-state index contributed by atoms with van der Waals surface area (Å²) in [5.74, 6) is 2.01. The molecule has 0 aliphatic carbocycles. The van der Waals surface area contributed by atoms with E-state index in [-0.39, 0.29) is 5.25 Å². The number of nitrogens with two attached hydrogens (primary N) is 2. The fraction of sp³-hybridized carbons (Fsp3) is 0.435. The Hall–Kier alpha value is -2.60. The lowest BCUT2D eigenvalue weighted by Crippen LogP contribution is -2.11. The molecule has 0 aliphatic heterocycles. The van der Waals surface area contributed by atoms with Crippen LogP contribution in [0, 0.1) is 6.92 Å². The van der Waals surface area contributed by atoms with E-state index >= 15 is 0 Å². The first-order chi connectivity index (χ1) is 16.4. The fourth-order valence-corrected chi connectivity index (χ4v) is 5.19. The zero-order chi connectivity index (χ0) is 24.5. The molecule has 2 heterocycles. The summed E-state index contributed by atoms with van der Waals surface area (Å²) in [6, 6.07) is 7.35. The standard InChI is InChI=1S/C23H31N5O4S2/c1-5-30-8-9-31-10-11-32-18-12-16(6-7-17(18)29-4)22-28-21(14(2)33-22)15(3)34-23-26-19(24)13-20(25)27-23/h6-7,12-13,15H,5,8-11H2,1-4H3,(H4,24,25,26,27)/t15-/m1/s1. The zero-order valence-electron chi connectivity index (χ0n) is 19.9. The van der Waals surface area contributed by atoms with Crippen molar-refractivity contribution in [3.8, 4) is 22.1 Å². The molecular weight excluding hydrogens is 474 g/mol. The van der Waals surface area contributed by atoms with E-state index in [9.17, 15) is 0 Å². The van der Waals surface area contributed by atoms with Gasteiger partial charge in [-0.3, -0.25) is 0 Å². The van der Waals surface area contributed by atoms with Crippen LogP contribution >= 0.6 is 23.1 Å². The van der Waals surface area contributed by atoms with Gasteiger partial charge in [-0.15, -0.1) is 11.3 Å². The van der Waals surface area contributed by atoms with Gasteiger partial charge in [0, 0.05) is 23.1 Å². The average Bonchev–Trinajstić information content (AvgIpc) is 3.19. The lowest BCUT2D eigenvalue weighted by molar-refractivity contribution is 0.0401. The maximum Gasteiger partial charge on any atom is 0.192 e. The van der Waals surface area contributed by atoms with Crippen molar-refractivity contribution in [2.45, 2.75) is 31.2 Å². The Bertz CT molecular complexity index is 1060. The molecule has 2 aromatic heterocycles. The molecule has 0 saturated heterocycles. The van der Waals surface area contributed by atoms with Crippen molar-refractivity contribution in [2.75, 3.05) is 51.6 Å². The summed E-state index contributed by atoms with van der Waals surface area (Å²) < 4.78 is 22.2. The lowest BCUT2D eigenvalue weighted by Gasteiger charge is -2.12. The monoisotopic (exact) mass is 505 g/mol. The van der Waals surface area contributed by atoms with E-state index in [2.05, 4.69) is 23.8 Å². The topological polar surface area (TPSA) is 128 Å². The van der Waals surface area contributed by atoms with E-state index in [4.69, 9.17) is 35.4 Å². The lowest BCUT2D eigenvalue weighted by atomic mass is 10.2. The first kappa shape index (κ1) is 26.0. The third kappa shape index (κ3) is 7.20. The average molecular weight is 506 g/mol. The predicted octanol–water partition coefficient (Wildman–Crippen LogP) is 4.37. The van der Waals surface area contributed by atoms with Crippen LogP contribution in [0.25, 0.3) is 10.6 Å². The van der Waals surface area contributed by atoms with E-state index in [1.165, 1.54) is 17.8 Å². The summed E-state index contributed by atoms with van der Waals surface area (Å²) in [5, 5.41) is 1.45. The number of aryl methyl sites for hydroxylation is 1. The molecule has 0 amide bonds. The molecule has 3 rings (SSSR count). The molecule has 0 aliphatic rings. The molecule has 11 heteroatoms. The first-order valence-corrected chi connectivity index (χ1v) is 12.6. The van der Waals surface area contributed by atoms with Gasteiger partial charge in [-0.25, -0.2) is 15.0 Å². The van der Waals surface area contributed by atoms with E-state index in [1.807, 2.05) is 25.1 Å². The number of thioether (sulfide) groups is 1. The van der Waals surface area contributed by atoms with E-state index < -0.39 is 0 Å². The maximum atomic E-state index is 5.92. The SMILES string of the molecule is CCOCCOCCOc1cc(-c2nc([C@@H](C)Sc3nc(N)cc(N)n3)c(C)s2)ccc1OC. The molecule has 34 heavy (non-hydrogen) atoms. The van der Waals surface area contributed by atoms with Crippen molar-refractivity contribution < 1.29 is 18.9 Å². The number of hydrogen-bond acceptors (Lipinski definition) is 11. The van der Waals surface area contributed by atoms with Gasteiger partial charge in [-0.05, 0) is 39.0 Å². The van der Waals surface area contributed by atoms with Gasteiger partial charge in [0.05, 0.1) is 37.9 Å². The van der Waals surface area contributed by atoms with Crippen molar-refractivity contribution in [2.24, 2.45) is 0 Å². The molecule has 9 nitrogen and oxygen atoms in total. The number of nitrogen functional groups attached to an aromatic ring is 2. The van der Waals surface area contributed by atoms with Crippen LogP contribution in [0.3, 0.4) is 0 Å². The van der Waals surface area contributed by atoms with Gasteiger partial charge >= 0.3 is 0 Å². The number of anilines is 2. The molecule has 0 unspecified atom stereocenters. The molecule has 0 radical (unpaired) electrons. The molecule has 0 saturated carbocycles. The zero-order valence-corrected chi connectivity index (χ0v) is 21.5. The summed E-state index contributed by atoms with van der Waals surface area (Å²) in [7, 11) is 1.62. The highest BCUT2D eigenvalue weighted by Gasteiger charge is 2.19. The van der Waals surface area contributed by atoms with Crippen LogP contribution in [0.15, 0.2) is 29.4 Å². The predicted molar refractivity (Wildman–Crippen MR) is 137 cm³/mol. The minimum atomic E-state index is 0.0222. The van der Waals surface area contributed by atoms with Gasteiger partial charge in [-0.1, -0.05) is 11.8 Å². The Labute approximate surface area is 208 Å². The number of ether oxygens (including phenoxy) is 4. The van der Waals surface area contributed by atoms with Crippen LogP contribution in [-0.2, 0) is 9.47 Å². The van der Waals surface area contributed by atoms with Gasteiger partial charge in [-0.2, -0.15) is 0 Å². The summed E-state index contributed by atoms with van der Waals surface area (Å²) in [4.78, 5) is 14.5. The summed E-state index contributed by atoms with van der Waals surface area (Å²) >= 11 is 3.10. The highest BCUT2D eigenvalue weighted by Crippen LogP contribution is 2.40. The minimum absolute atomic E-state index is 0.0222. The maximum absolute atomic E-state index is 5.92. The smallest absolute Gasteiger partial charge is 0.192 e. The van der Waals surface area contributed by atoms with Gasteiger partial charge in [0.2, 0.25) is 0 Å². The molecule has 184 valence electrons. The van der Waals surface area contributed by atoms with E-state index in [0.717, 1.165) is 21.1 Å². The molecule has 3 aromatic rings. The number of nitrogens with zero attached hydrogens (tertiary/aromatic N) is 3. The largest absolute Gasteiger partial charge is 0.493 e. The van der Waals surface area contributed by atoms with E-state index in [1.54, 1.807) is 18.4 Å². The molecule has 4 N–H and O–H groups in total. The van der Waals surface area contributed by atoms with Crippen molar-refractivity contribution in [3.63, 3.8) is 0 Å². The number of rotatable bonds is 13. The van der Waals surface area contributed by atoms with Gasteiger partial charge in [0.25, 0.3) is 0 Å². The van der Waals surface area contributed by atoms with Gasteiger partial charge in [0.1, 0.15) is 23.3 Å². The summed E-state index contributed by atoms with van der Waals surface area (Å²) in [5.41, 5.74) is 13.5. The second kappa shape index (κ2) is 12.7.